The highest BCUT2D eigenvalue weighted by molar-refractivity contribution is 5.48. The zero-order valence-electron chi connectivity index (χ0n) is 14.3. The van der Waals surface area contributed by atoms with Crippen LogP contribution in [0.3, 0.4) is 0 Å². The smallest absolute Gasteiger partial charge is 0.127 e. The second-order valence-corrected chi connectivity index (χ2v) is 6.97. The van der Waals surface area contributed by atoms with Crippen molar-refractivity contribution in [2.24, 2.45) is 0 Å². The highest BCUT2D eigenvalue weighted by Crippen LogP contribution is 2.36. The summed E-state index contributed by atoms with van der Waals surface area (Å²) in [7, 11) is 1.80. The highest BCUT2D eigenvalue weighted by atomic mass is 16.5. The van der Waals surface area contributed by atoms with Gasteiger partial charge in [-0.25, -0.2) is 0 Å². The lowest BCUT2D eigenvalue weighted by atomic mass is 9.83. The molecule has 0 aromatic heterocycles. The molecule has 0 unspecified atom stereocenters. The van der Waals surface area contributed by atoms with Gasteiger partial charge in [-0.3, -0.25) is 4.90 Å². The van der Waals surface area contributed by atoms with Crippen LogP contribution in [0, 0.1) is 0 Å². The number of aryl methyl sites for hydroxylation is 1. The first-order chi connectivity index (χ1) is 9.95. The van der Waals surface area contributed by atoms with Crippen molar-refractivity contribution in [2.75, 3.05) is 33.3 Å². The van der Waals surface area contributed by atoms with E-state index in [0.717, 1.165) is 44.9 Å². The van der Waals surface area contributed by atoms with Crippen molar-refractivity contribution in [1.82, 2.24) is 10.2 Å². The fourth-order valence-electron chi connectivity index (χ4n) is 2.98. The number of hydrogen-bond acceptors (Lipinski definition) is 3. The van der Waals surface area contributed by atoms with Gasteiger partial charge in [-0.1, -0.05) is 39.8 Å². The van der Waals surface area contributed by atoms with Crippen LogP contribution in [-0.2, 0) is 18.4 Å². The van der Waals surface area contributed by atoms with Gasteiger partial charge >= 0.3 is 0 Å². The predicted octanol–water partition coefficient (Wildman–Crippen LogP) is 2.96. The first-order valence-electron chi connectivity index (χ1n) is 8.09. The first-order valence-corrected chi connectivity index (χ1v) is 8.09. The number of piperazine rings is 1. The van der Waals surface area contributed by atoms with Crippen LogP contribution in [0.15, 0.2) is 12.1 Å². The molecule has 1 aromatic carbocycles. The van der Waals surface area contributed by atoms with Gasteiger partial charge in [-0.15, -0.1) is 0 Å². The summed E-state index contributed by atoms with van der Waals surface area (Å²) in [6.07, 6.45) is 1.07. The summed E-state index contributed by atoms with van der Waals surface area (Å²) in [6, 6.07) is 4.65. The molecule has 1 aromatic rings. The fraction of sp³-hybridized carbons (Fsp3) is 0.667. The van der Waals surface area contributed by atoms with Gasteiger partial charge in [0.1, 0.15) is 5.75 Å². The van der Waals surface area contributed by atoms with Crippen LogP contribution in [0.2, 0.25) is 0 Å². The van der Waals surface area contributed by atoms with Gasteiger partial charge in [0.15, 0.2) is 0 Å². The van der Waals surface area contributed by atoms with Crippen molar-refractivity contribution in [3.63, 3.8) is 0 Å². The van der Waals surface area contributed by atoms with Crippen LogP contribution in [0.1, 0.15) is 44.4 Å². The summed E-state index contributed by atoms with van der Waals surface area (Å²) < 4.78 is 5.80. The summed E-state index contributed by atoms with van der Waals surface area (Å²) in [6.45, 7) is 14.4. The van der Waals surface area contributed by atoms with E-state index in [0.29, 0.717) is 0 Å². The summed E-state index contributed by atoms with van der Waals surface area (Å²) in [5.41, 5.74) is 4.18. The maximum atomic E-state index is 5.80. The van der Waals surface area contributed by atoms with E-state index in [1.54, 1.807) is 7.11 Å². The van der Waals surface area contributed by atoms with Crippen molar-refractivity contribution in [2.45, 2.75) is 46.1 Å². The van der Waals surface area contributed by atoms with E-state index >= 15 is 0 Å². The lowest BCUT2D eigenvalue weighted by Crippen LogP contribution is -2.43. The molecule has 1 fully saturated rings. The highest BCUT2D eigenvalue weighted by Gasteiger charge is 2.23. The van der Waals surface area contributed by atoms with E-state index in [9.17, 15) is 0 Å². The molecule has 1 saturated heterocycles. The summed E-state index contributed by atoms with van der Waals surface area (Å²) in [4.78, 5) is 2.51. The normalized spacial score (nSPS) is 17.0. The minimum Gasteiger partial charge on any atom is -0.496 e. The van der Waals surface area contributed by atoms with Crippen LogP contribution in [-0.4, -0.2) is 38.2 Å². The number of nitrogens with one attached hydrogen (secondary N) is 1. The van der Waals surface area contributed by atoms with E-state index < -0.39 is 0 Å². The molecule has 3 heteroatoms. The largest absolute Gasteiger partial charge is 0.496 e. The Morgan fingerprint density at radius 3 is 2.38 bits per heavy atom. The average molecular weight is 290 g/mol. The number of ether oxygens (including phenoxy) is 1. The van der Waals surface area contributed by atoms with E-state index in [4.69, 9.17) is 4.74 Å². The Kier molecular flexibility index (Phi) is 5.28. The quantitative estimate of drug-likeness (QED) is 0.922. The number of nitrogens with zero attached hydrogens (tertiary/aromatic N) is 1. The summed E-state index contributed by atoms with van der Waals surface area (Å²) in [5, 5.41) is 3.41. The molecule has 0 radical (unpaired) electrons. The molecular weight excluding hydrogens is 260 g/mol. The SMILES string of the molecule is CCc1cc(CN2CCNCC2)c(OC)c(C(C)(C)C)c1. The minimum absolute atomic E-state index is 0.106. The van der Waals surface area contributed by atoms with Crippen molar-refractivity contribution < 1.29 is 4.74 Å². The lowest BCUT2D eigenvalue weighted by Gasteiger charge is -2.30. The Morgan fingerprint density at radius 1 is 1.19 bits per heavy atom. The molecule has 0 saturated carbocycles. The standard InChI is InChI=1S/C18H30N2O/c1-6-14-11-15(13-20-9-7-19-8-10-20)17(21-5)16(12-14)18(2,3)4/h11-12,19H,6-10,13H2,1-5H3. The Labute approximate surface area is 129 Å². The average Bonchev–Trinajstić information content (AvgIpc) is 2.46. The maximum Gasteiger partial charge on any atom is 0.127 e. The molecule has 0 aliphatic carbocycles. The van der Waals surface area contributed by atoms with Gasteiger partial charge in [-0.05, 0) is 17.4 Å². The Bertz CT molecular complexity index is 471. The summed E-state index contributed by atoms with van der Waals surface area (Å²) >= 11 is 0. The second kappa shape index (κ2) is 6.80. The third-order valence-corrected chi connectivity index (χ3v) is 4.25. The maximum absolute atomic E-state index is 5.80. The monoisotopic (exact) mass is 290 g/mol. The molecule has 1 heterocycles. The number of benzene rings is 1. The molecule has 118 valence electrons. The van der Waals surface area contributed by atoms with Gasteiger partial charge in [0.2, 0.25) is 0 Å². The van der Waals surface area contributed by atoms with Crippen LogP contribution in [0.25, 0.3) is 0 Å². The molecule has 2 rings (SSSR count). The van der Waals surface area contributed by atoms with Crippen molar-refractivity contribution >= 4 is 0 Å². The van der Waals surface area contributed by atoms with Gasteiger partial charge in [0.05, 0.1) is 7.11 Å². The van der Waals surface area contributed by atoms with Gasteiger partial charge < -0.3 is 10.1 Å². The van der Waals surface area contributed by atoms with Crippen LogP contribution in [0.4, 0.5) is 0 Å². The molecule has 1 N–H and O–H groups in total. The van der Waals surface area contributed by atoms with E-state index in [1.807, 2.05) is 0 Å². The summed E-state index contributed by atoms with van der Waals surface area (Å²) in [5.74, 6) is 1.08. The minimum atomic E-state index is 0.106. The molecule has 0 amide bonds. The lowest BCUT2D eigenvalue weighted by molar-refractivity contribution is 0.229. The van der Waals surface area contributed by atoms with Crippen molar-refractivity contribution in [3.8, 4) is 5.75 Å². The molecule has 3 nitrogen and oxygen atoms in total. The third-order valence-electron chi connectivity index (χ3n) is 4.25. The van der Waals surface area contributed by atoms with Crippen molar-refractivity contribution in [3.05, 3.63) is 28.8 Å². The predicted molar refractivity (Wildman–Crippen MR) is 89.2 cm³/mol. The van der Waals surface area contributed by atoms with E-state index in [2.05, 4.69) is 50.0 Å². The Hall–Kier alpha value is -1.06. The molecule has 1 aliphatic heterocycles. The van der Waals surface area contributed by atoms with Crippen molar-refractivity contribution in [1.29, 1.82) is 0 Å². The Balaban J connectivity index is 2.37. The first kappa shape index (κ1) is 16.3. The topological polar surface area (TPSA) is 24.5 Å². The molecule has 0 bridgehead atoms. The third kappa shape index (κ3) is 3.98. The number of hydrogen-bond donors (Lipinski definition) is 1. The van der Waals surface area contributed by atoms with Crippen LogP contribution >= 0.6 is 0 Å². The zero-order valence-corrected chi connectivity index (χ0v) is 14.3. The van der Waals surface area contributed by atoms with Gasteiger partial charge in [-0.2, -0.15) is 0 Å². The van der Waals surface area contributed by atoms with Gasteiger partial charge in [0.25, 0.3) is 0 Å². The molecule has 0 atom stereocenters. The Morgan fingerprint density at radius 2 is 1.86 bits per heavy atom. The second-order valence-electron chi connectivity index (χ2n) is 6.97. The van der Waals surface area contributed by atoms with E-state index in [-0.39, 0.29) is 5.41 Å². The molecule has 1 aliphatic rings. The number of rotatable bonds is 4. The van der Waals surface area contributed by atoms with Gasteiger partial charge in [0, 0.05) is 43.9 Å². The zero-order chi connectivity index (χ0) is 15.5. The molecular formula is C18H30N2O. The fourth-order valence-corrected chi connectivity index (χ4v) is 2.98. The van der Waals surface area contributed by atoms with Crippen LogP contribution < -0.4 is 10.1 Å². The molecule has 0 spiro atoms. The van der Waals surface area contributed by atoms with Crippen LogP contribution in [0.5, 0.6) is 5.75 Å². The number of methoxy groups -OCH3 is 1. The molecule has 21 heavy (non-hydrogen) atoms. The van der Waals surface area contributed by atoms with E-state index in [1.165, 1.54) is 16.7 Å².